The van der Waals surface area contributed by atoms with Crippen molar-refractivity contribution in [1.82, 2.24) is 14.9 Å². The summed E-state index contributed by atoms with van der Waals surface area (Å²) in [6.07, 6.45) is 1.76. The lowest BCUT2D eigenvalue weighted by molar-refractivity contribution is 0.0741. The molecule has 1 atom stereocenters. The number of carbonyl (C=O) groups is 1. The molecular formula is C18H22N4O4S. The Hall–Kier alpha value is -2.68. The highest BCUT2D eigenvalue weighted by Gasteiger charge is 2.33. The van der Waals surface area contributed by atoms with Gasteiger partial charge in [-0.15, -0.1) is 0 Å². The zero-order valence-corrected chi connectivity index (χ0v) is 16.1. The third-order valence-electron chi connectivity index (χ3n) is 4.40. The summed E-state index contributed by atoms with van der Waals surface area (Å²) in [5, 5.41) is 3.12. The average molecular weight is 390 g/mol. The van der Waals surface area contributed by atoms with Gasteiger partial charge in [-0.25, -0.2) is 18.4 Å². The first-order chi connectivity index (χ1) is 12.9. The minimum absolute atomic E-state index is 0.00237. The van der Waals surface area contributed by atoms with Gasteiger partial charge >= 0.3 is 0 Å². The van der Waals surface area contributed by atoms with Crippen LogP contribution in [0.2, 0.25) is 0 Å². The maximum absolute atomic E-state index is 12.7. The number of nitrogens with one attached hydrogen (secondary N) is 1. The van der Waals surface area contributed by atoms with Crippen molar-refractivity contribution >= 4 is 27.2 Å². The molecule has 1 fully saturated rings. The van der Waals surface area contributed by atoms with Crippen molar-refractivity contribution < 1.29 is 17.9 Å². The molecule has 3 rings (SSSR count). The van der Waals surface area contributed by atoms with Crippen molar-refractivity contribution in [3.05, 3.63) is 42.4 Å². The van der Waals surface area contributed by atoms with Crippen LogP contribution in [0.4, 0.5) is 11.5 Å². The number of amides is 1. The van der Waals surface area contributed by atoms with Crippen LogP contribution < -0.4 is 10.1 Å². The summed E-state index contributed by atoms with van der Waals surface area (Å²) in [7, 11) is -1.46. The molecule has 1 aliphatic heterocycles. The van der Waals surface area contributed by atoms with Crippen LogP contribution in [-0.4, -0.2) is 60.4 Å². The van der Waals surface area contributed by atoms with Crippen LogP contribution in [0.1, 0.15) is 23.8 Å². The van der Waals surface area contributed by atoms with E-state index in [0.717, 1.165) is 11.4 Å². The van der Waals surface area contributed by atoms with E-state index in [0.29, 0.717) is 18.8 Å². The first kappa shape index (κ1) is 19.1. The quantitative estimate of drug-likeness (QED) is 0.803. The number of benzene rings is 1. The molecule has 1 amide bonds. The molecule has 0 aliphatic carbocycles. The number of sulfone groups is 1. The van der Waals surface area contributed by atoms with Crippen molar-refractivity contribution in [1.29, 1.82) is 0 Å². The molecule has 1 unspecified atom stereocenters. The fourth-order valence-electron chi connectivity index (χ4n) is 2.92. The summed E-state index contributed by atoms with van der Waals surface area (Å²) in [5.74, 6) is 1.04. The molecule has 1 aliphatic rings. The van der Waals surface area contributed by atoms with Crippen molar-refractivity contribution in [2.45, 2.75) is 19.4 Å². The minimum Gasteiger partial charge on any atom is -0.494 e. The normalized spacial score (nSPS) is 18.1. The molecule has 1 N–H and O–H groups in total. The summed E-state index contributed by atoms with van der Waals surface area (Å²) in [5.41, 5.74) is 1.01. The standard InChI is InChI=1S/C18H22N4O4S/c1-3-26-15-6-4-13(5-7-15)21-17-10-16(19-12-20-17)18(23)22(2)14-8-9-27(24,25)11-14/h4-7,10,12,14H,3,8-9,11H2,1-2H3,(H,19,20,21). The van der Waals surface area contributed by atoms with Gasteiger partial charge in [-0.2, -0.15) is 0 Å². The van der Waals surface area contributed by atoms with E-state index in [2.05, 4.69) is 15.3 Å². The lowest BCUT2D eigenvalue weighted by Gasteiger charge is -2.23. The first-order valence-corrected chi connectivity index (χ1v) is 10.5. The summed E-state index contributed by atoms with van der Waals surface area (Å²) in [6.45, 7) is 2.52. The Morgan fingerprint density at radius 3 is 2.67 bits per heavy atom. The van der Waals surface area contributed by atoms with E-state index in [1.165, 1.54) is 11.2 Å². The van der Waals surface area contributed by atoms with E-state index in [9.17, 15) is 13.2 Å². The van der Waals surface area contributed by atoms with Crippen LogP contribution in [-0.2, 0) is 9.84 Å². The van der Waals surface area contributed by atoms with Crippen LogP contribution in [0.5, 0.6) is 5.75 Å². The predicted molar refractivity (Wildman–Crippen MR) is 102 cm³/mol. The highest BCUT2D eigenvalue weighted by molar-refractivity contribution is 7.91. The molecular weight excluding hydrogens is 368 g/mol. The topological polar surface area (TPSA) is 101 Å². The Bertz CT molecular complexity index is 915. The van der Waals surface area contributed by atoms with Gasteiger partial charge in [0.2, 0.25) is 0 Å². The highest BCUT2D eigenvalue weighted by atomic mass is 32.2. The second kappa shape index (κ2) is 7.91. The van der Waals surface area contributed by atoms with Gasteiger partial charge in [0.05, 0.1) is 18.1 Å². The Morgan fingerprint density at radius 2 is 2.04 bits per heavy atom. The monoisotopic (exact) mass is 390 g/mol. The van der Waals surface area contributed by atoms with Gasteiger partial charge < -0.3 is 15.0 Å². The zero-order valence-electron chi connectivity index (χ0n) is 15.3. The van der Waals surface area contributed by atoms with Crippen LogP contribution in [0.15, 0.2) is 36.7 Å². The molecule has 27 heavy (non-hydrogen) atoms. The third-order valence-corrected chi connectivity index (χ3v) is 6.15. The van der Waals surface area contributed by atoms with Crippen LogP contribution >= 0.6 is 0 Å². The number of carbonyl (C=O) groups excluding carboxylic acids is 1. The van der Waals surface area contributed by atoms with E-state index < -0.39 is 9.84 Å². The lowest BCUT2D eigenvalue weighted by atomic mass is 10.2. The Kier molecular flexibility index (Phi) is 5.59. The van der Waals surface area contributed by atoms with E-state index >= 15 is 0 Å². The Morgan fingerprint density at radius 1 is 1.30 bits per heavy atom. The molecule has 1 aromatic heterocycles. The van der Waals surface area contributed by atoms with E-state index in [1.54, 1.807) is 13.1 Å². The molecule has 144 valence electrons. The molecule has 0 spiro atoms. The molecule has 8 nitrogen and oxygen atoms in total. The fourth-order valence-corrected chi connectivity index (χ4v) is 4.69. The maximum atomic E-state index is 12.7. The van der Waals surface area contributed by atoms with E-state index in [1.807, 2.05) is 31.2 Å². The minimum atomic E-state index is -3.06. The van der Waals surface area contributed by atoms with Gasteiger partial charge in [0, 0.05) is 24.8 Å². The summed E-state index contributed by atoms with van der Waals surface area (Å²) in [6, 6.07) is 8.62. The van der Waals surface area contributed by atoms with Crippen LogP contribution in [0.3, 0.4) is 0 Å². The molecule has 9 heteroatoms. The summed E-state index contributed by atoms with van der Waals surface area (Å²) < 4.78 is 28.7. The molecule has 0 saturated carbocycles. The average Bonchev–Trinajstić information content (AvgIpc) is 3.02. The first-order valence-electron chi connectivity index (χ1n) is 8.67. The number of rotatable bonds is 6. The SMILES string of the molecule is CCOc1ccc(Nc2cc(C(=O)N(C)C3CCS(=O)(=O)C3)ncn2)cc1. The van der Waals surface area contributed by atoms with Gasteiger partial charge in [-0.05, 0) is 37.6 Å². The Labute approximate surface area is 158 Å². The smallest absolute Gasteiger partial charge is 0.272 e. The summed E-state index contributed by atoms with van der Waals surface area (Å²) in [4.78, 5) is 22.3. The lowest BCUT2D eigenvalue weighted by Crippen LogP contribution is -2.38. The van der Waals surface area contributed by atoms with Crippen molar-refractivity contribution in [2.75, 3.05) is 30.5 Å². The predicted octanol–water partition coefficient (Wildman–Crippen LogP) is 1.88. The third kappa shape index (κ3) is 4.73. The number of ether oxygens (including phenoxy) is 1. The van der Waals surface area contributed by atoms with Crippen molar-refractivity contribution in [3.8, 4) is 5.75 Å². The van der Waals surface area contributed by atoms with Gasteiger partial charge in [0.25, 0.3) is 5.91 Å². The van der Waals surface area contributed by atoms with Crippen LogP contribution in [0, 0.1) is 0 Å². The van der Waals surface area contributed by atoms with Gasteiger partial charge in [-0.3, -0.25) is 4.79 Å². The molecule has 1 saturated heterocycles. The van der Waals surface area contributed by atoms with E-state index in [4.69, 9.17) is 4.74 Å². The Balaban J connectivity index is 1.70. The molecule has 1 aromatic carbocycles. The molecule has 0 radical (unpaired) electrons. The number of hydrogen-bond donors (Lipinski definition) is 1. The van der Waals surface area contributed by atoms with Gasteiger partial charge in [-0.1, -0.05) is 0 Å². The number of aromatic nitrogens is 2. The molecule has 0 bridgehead atoms. The summed E-state index contributed by atoms with van der Waals surface area (Å²) >= 11 is 0. The van der Waals surface area contributed by atoms with Crippen LogP contribution in [0.25, 0.3) is 0 Å². The highest BCUT2D eigenvalue weighted by Crippen LogP contribution is 2.21. The second-order valence-electron chi connectivity index (χ2n) is 6.34. The fraction of sp³-hybridized carbons (Fsp3) is 0.389. The number of nitrogens with zero attached hydrogens (tertiary/aromatic N) is 3. The molecule has 2 aromatic rings. The van der Waals surface area contributed by atoms with E-state index in [-0.39, 0.29) is 29.1 Å². The van der Waals surface area contributed by atoms with Crippen molar-refractivity contribution in [3.63, 3.8) is 0 Å². The largest absolute Gasteiger partial charge is 0.494 e. The number of hydrogen-bond acceptors (Lipinski definition) is 7. The van der Waals surface area contributed by atoms with Crippen molar-refractivity contribution in [2.24, 2.45) is 0 Å². The molecule has 2 heterocycles. The second-order valence-corrected chi connectivity index (χ2v) is 8.57. The van der Waals surface area contributed by atoms with Gasteiger partial charge in [0.1, 0.15) is 23.6 Å². The maximum Gasteiger partial charge on any atom is 0.272 e. The number of anilines is 2. The van der Waals surface area contributed by atoms with Gasteiger partial charge in [0.15, 0.2) is 9.84 Å². The zero-order chi connectivity index (χ0) is 19.4.